The molecule has 18 heavy (non-hydrogen) atoms. The fraction of sp³-hybridized carbons (Fsp3) is 0.692. The minimum absolute atomic E-state index is 0.692. The van der Waals surface area contributed by atoms with E-state index in [4.69, 9.17) is 0 Å². The van der Waals surface area contributed by atoms with Crippen LogP contribution in [0, 0.1) is 0 Å². The number of hydrogen-bond acceptors (Lipinski definition) is 5. The molecular weight excluding hydrogens is 244 g/mol. The van der Waals surface area contributed by atoms with Gasteiger partial charge in [0.05, 0.1) is 39.5 Å². The molecule has 0 aliphatic carbocycles. The molecule has 4 bridgehead atoms. The van der Waals surface area contributed by atoms with E-state index in [-0.39, 0.29) is 0 Å². The fourth-order valence-electron chi connectivity index (χ4n) is 3.55. The summed E-state index contributed by atoms with van der Waals surface area (Å²) in [5, 5.41) is 2.19. The van der Waals surface area contributed by atoms with Crippen LogP contribution in [0.1, 0.15) is 17.7 Å². The van der Waals surface area contributed by atoms with Crippen molar-refractivity contribution < 1.29 is 0 Å². The van der Waals surface area contributed by atoms with E-state index in [1.165, 1.54) is 57.5 Å². The van der Waals surface area contributed by atoms with Gasteiger partial charge < -0.3 is 0 Å². The Kier molecular flexibility index (Phi) is 2.89. The van der Waals surface area contributed by atoms with Gasteiger partial charge in [-0.15, -0.1) is 11.3 Å². The summed E-state index contributed by atoms with van der Waals surface area (Å²) in [5.74, 6) is 0. The SMILES string of the molecule is c1csc(CCCC2N3CN4CN(C3)CN2C4)c1. The molecule has 0 spiro atoms. The van der Waals surface area contributed by atoms with Gasteiger partial charge in [0.15, 0.2) is 0 Å². The van der Waals surface area contributed by atoms with Crippen molar-refractivity contribution in [3.63, 3.8) is 0 Å². The van der Waals surface area contributed by atoms with Crippen LogP contribution in [0.5, 0.6) is 0 Å². The molecule has 0 radical (unpaired) electrons. The van der Waals surface area contributed by atoms with Gasteiger partial charge in [0, 0.05) is 4.88 Å². The first-order chi connectivity index (χ1) is 8.88. The molecule has 4 nitrogen and oxygen atoms in total. The van der Waals surface area contributed by atoms with Crippen LogP contribution < -0.4 is 0 Å². The molecule has 4 saturated heterocycles. The molecule has 98 valence electrons. The van der Waals surface area contributed by atoms with Gasteiger partial charge in [-0.1, -0.05) is 6.07 Å². The van der Waals surface area contributed by atoms with E-state index in [0.29, 0.717) is 6.17 Å². The second-order valence-electron chi connectivity index (χ2n) is 5.68. The molecule has 0 amide bonds. The monoisotopic (exact) mass is 264 g/mol. The third kappa shape index (κ3) is 2.00. The summed E-state index contributed by atoms with van der Waals surface area (Å²) < 4.78 is 0. The molecule has 0 unspecified atom stereocenters. The third-order valence-electron chi connectivity index (χ3n) is 4.24. The summed E-state index contributed by atoms with van der Waals surface area (Å²) in [6, 6.07) is 4.43. The highest BCUT2D eigenvalue weighted by molar-refractivity contribution is 7.09. The van der Waals surface area contributed by atoms with E-state index in [2.05, 4.69) is 37.1 Å². The zero-order valence-corrected chi connectivity index (χ0v) is 11.5. The first-order valence-corrected chi connectivity index (χ1v) is 7.72. The summed E-state index contributed by atoms with van der Waals surface area (Å²) in [6.07, 6.45) is 4.58. The number of hydrogen-bond donors (Lipinski definition) is 0. The highest BCUT2D eigenvalue weighted by Crippen LogP contribution is 2.29. The smallest absolute Gasteiger partial charge is 0.0668 e. The van der Waals surface area contributed by atoms with Gasteiger partial charge in [0.25, 0.3) is 0 Å². The molecule has 5 heteroatoms. The van der Waals surface area contributed by atoms with Crippen LogP contribution in [-0.2, 0) is 6.42 Å². The van der Waals surface area contributed by atoms with Crippen molar-refractivity contribution in [2.45, 2.75) is 25.4 Å². The van der Waals surface area contributed by atoms with Crippen LogP contribution in [0.4, 0.5) is 0 Å². The van der Waals surface area contributed by atoms with Crippen molar-refractivity contribution >= 4 is 11.3 Å². The molecule has 0 aromatic carbocycles. The third-order valence-corrected chi connectivity index (χ3v) is 5.17. The van der Waals surface area contributed by atoms with Gasteiger partial charge in [-0.05, 0) is 30.7 Å². The fourth-order valence-corrected chi connectivity index (χ4v) is 4.31. The lowest BCUT2D eigenvalue weighted by molar-refractivity contribution is -0.232. The standard InChI is InChI=1S/C13H20N4S/c1(3-12-4-2-6-18-12)5-13-16-8-14-7-15(10-16)11-17(13)9-14/h2,4,6,13H,1,3,5,7-11H2. The van der Waals surface area contributed by atoms with Gasteiger partial charge in [-0.25, -0.2) is 0 Å². The maximum absolute atomic E-state index is 2.63. The maximum Gasteiger partial charge on any atom is 0.0668 e. The zero-order valence-electron chi connectivity index (χ0n) is 10.7. The molecule has 4 fully saturated rings. The Morgan fingerprint density at radius 1 is 1.06 bits per heavy atom. The van der Waals surface area contributed by atoms with Crippen LogP contribution in [-0.4, -0.2) is 59.1 Å². The lowest BCUT2D eigenvalue weighted by Gasteiger charge is -2.60. The van der Waals surface area contributed by atoms with Gasteiger partial charge >= 0.3 is 0 Å². The van der Waals surface area contributed by atoms with Crippen molar-refractivity contribution in [1.29, 1.82) is 0 Å². The Balaban J connectivity index is 1.35. The van der Waals surface area contributed by atoms with Crippen molar-refractivity contribution in [2.24, 2.45) is 0 Å². The van der Waals surface area contributed by atoms with E-state index in [0.717, 1.165) is 0 Å². The second kappa shape index (κ2) is 4.58. The van der Waals surface area contributed by atoms with Crippen LogP contribution in [0.25, 0.3) is 0 Å². The first kappa shape index (κ1) is 11.4. The summed E-state index contributed by atoms with van der Waals surface area (Å²) in [7, 11) is 0. The number of thiophene rings is 1. The van der Waals surface area contributed by atoms with Gasteiger partial charge in [0.1, 0.15) is 0 Å². The van der Waals surface area contributed by atoms with Crippen molar-refractivity contribution in [2.75, 3.05) is 33.3 Å². The topological polar surface area (TPSA) is 13.0 Å². The molecule has 5 heterocycles. The second-order valence-corrected chi connectivity index (χ2v) is 6.71. The van der Waals surface area contributed by atoms with Gasteiger partial charge in [-0.3, -0.25) is 19.6 Å². The van der Waals surface area contributed by atoms with Crippen LogP contribution in [0.15, 0.2) is 17.5 Å². The quantitative estimate of drug-likeness (QED) is 0.815. The highest BCUT2D eigenvalue weighted by Gasteiger charge is 2.42. The summed E-state index contributed by atoms with van der Waals surface area (Å²) in [5.41, 5.74) is 0. The lowest BCUT2D eigenvalue weighted by Crippen LogP contribution is -2.75. The van der Waals surface area contributed by atoms with E-state index in [9.17, 15) is 0 Å². The van der Waals surface area contributed by atoms with Crippen LogP contribution in [0.2, 0.25) is 0 Å². The van der Waals surface area contributed by atoms with Crippen molar-refractivity contribution in [1.82, 2.24) is 19.6 Å². The number of nitrogens with zero attached hydrogens (tertiary/aromatic N) is 4. The molecule has 0 N–H and O–H groups in total. The average Bonchev–Trinajstić information content (AvgIpc) is 2.85. The number of rotatable bonds is 4. The van der Waals surface area contributed by atoms with Crippen molar-refractivity contribution in [3.8, 4) is 0 Å². The summed E-state index contributed by atoms with van der Waals surface area (Å²) >= 11 is 1.89. The molecule has 0 saturated carbocycles. The van der Waals surface area contributed by atoms with Crippen LogP contribution in [0.3, 0.4) is 0 Å². The van der Waals surface area contributed by atoms with E-state index in [1.54, 1.807) is 0 Å². The van der Waals surface area contributed by atoms with E-state index in [1.807, 2.05) is 11.3 Å². The number of aryl methyl sites for hydroxylation is 1. The maximum atomic E-state index is 2.63. The molecule has 4 aliphatic rings. The van der Waals surface area contributed by atoms with Crippen LogP contribution >= 0.6 is 11.3 Å². The Morgan fingerprint density at radius 3 is 2.39 bits per heavy atom. The average molecular weight is 264 g/mol. The normalized spacial score (nSPS) is 41.4. The minimum Gasteiger partial charge on any atom is -0.264 e. The summed E-state index contributed by atoms with van der Waals surface area (Å²) in [6.45, 7) is 5.88. The Morgan fingerprint density at radius 2 is 1.78 bits per heavy atom. The molecule has 1 aromatic rings. The van der Waals surface area contributed by atoms with E-state index >= 15 is 0 Å². The largest absolute Gasteiger partial charge is 0.264 e. The summed E-state index contributed by atoms with van der Waals surface area (Å²) in [4.78, 5) is 11.9. The Bertz CT molecular complexity index is 377. The minimum atomic E-state index is 0.692. The molecular formula is C13H20N4S. The zero-order chi connectivity index (χ0) is 11.9. The van der Waals surface area contributed by atoms with E-state index < -0.39 is 0 Å². The van der Waals surface area contributed by atoms with Gasteiger partial charge in [0.2, 0.25) is 0 Å². The predicted octanol–water partition coefficient (Wildman–Crippen LogP) is 1.43. The Hall–Kier alpha value is -0.460. The van der Waals surface area contributed by atoms with Gasteiger partial charge in [-0.2, -0.15) is 0 Å². The predicted molar refractivity (Wildman–Crippen MR) is 72.7 cm³/mol. The Labute approximate surface area is 112 Å². The molecule has 4 aliphatic heterocycles. The first-order valence-electron chi connectivity index (χ1n) is 6.84. The van der Waals surface area contributed by atoms with Crippen molar-refractivity contribution in [3.05, 3.63) is 22.4 Å². The molecule has 0 atom stereocenters. The highest BCUT2D eigenvalue weighted by atomic mass is 32.1. The molecule has 1 aromatic heterocycles. The molecule has 5 rings (SSSR count). The lowest BCUT2D eigenvalue weighted by atomic mass is 10.1.